The van der Waals surface area contributed by atoms with Crippen LogP contribution in [0.2, 0.25) is 0 Å². The lowest BCUT2D eigenvalue weighted by molar-refractivity contribution is -0.132. The predicted octanol–water partition coefficient (Wildman–Crippen LogP) is -0.271. The third-order valence-corrected chi connectivity index (χ3v) is 0.758. The second-order valence-electron chi connectivity index (χ2n) is 1.73. The van der Waals surface area contributed by atoms with Gasteiger partial charge in [-0.25, -0.2) is 4.79 Å². The molecule has 0 heterocycles. The van der Waals surface area contributed by atoms with Crippen molar-refractivity contribution < 1.29 is 19.1 Å². The first-order valence-electron chi connectivity index (χ1n) is 2.65. The van der Waals surface area contributed by atoms with Gasteiger partial charge in [-0.15, -0.1) is 0 Å². The van der Waals surface area contributed by atoms with Gasteiger partial charge < -0.3 is 14.3 Å². The Morgan fingerprint density at radius 2 is 2.20 bits per heavy atom. The van der Waals surface area contributed by atoms with E-state index >= 15 is 0 Å². The van der Waals surface area contributed by atoms with Gasteiger partial charge in [-0.2, -0.15) is 0 Å². The lowest BCUT2D eigenvalue weighted by Crippen LogP contribution is -2.24. The largest absolute Gasteiger partial charge is 0.712 e. The standard InChI is InChI=1S/C5H9BO4/c1-4(2)5(7)10-6(8)9-3/h8H,1H2,2-3H3. The molecular weight excluding hydrogens is 135 g/mol. The van der Waals surface area contributed by atoms with E-state index in [0.717, 1.165) is 0 Å². The third kappa shape index (κ3) is 3.27. The zero-order valence-electron chi connectivity index (χ0n) is 5.96. The molecule has 0 aliphatic heterocycles. The van der Waals surface area contributed by atoms with Crippen LogP contribution >= 0.6 is 0 Å². The number of hydrogen-bond donors (Lipinski definition) is 1. The van der Waals surface area contributed by atoms with E-state index in [2.05, 4.69) is 15.9 Å². The first-order valence-corrected chi connectivity index (χ1v) is 2.65. The molecule has 0 unspecified atom stereocenters. The molecule has 0 rings (SSSR count). The summed E-state index contributed by atoms with van der Waals surface area (Å²) in [7, 11) is -0.277. The van der Waals surface area contributed by atoms with Crippen molar-refractivity contribution in [1.82, 2.24) is 0 Å². The number of rotatable bonds is 3. The van der Waals surface area contributed by atoms with E-state index in [1.165, 1.54) is 14.0 Å². The van der Waals surface area contributed by atoms with Crippen LogP contribution in [0.1, 0.15) is 6.92 Å². The highest BCUT2D eigenvalue weighted by molar-refractivity contribution is 6.38. The molecule has 1 N–H and O–H groups in total. The van der Waals surface area contributed by atoms with Crippen molar-refractivity contribution in [3.8, 4) is 0 Å². The van der Waals surface area contributed by atoms with Crippen LogP contribution in [-0.2, 0) is 14.1 Å². The Bertz CT molecular complexity index is 145. The van der Waals surface area contributed by atoms with Crippen molar-refractivity contribution in [1.29, 1.82) is 0 Å². The van der Waals surface area contributed by atoms with Crippen LogP contribution < -0.4 is 0 Å². The highest BCUT2D eigenvalue weighted by Crippen LogP contribution is 1.93. The number of hydrogen-bond acceptors (Lipinski definition) is 4. The lowest BCUT2D eigenvalue weighted by atomic mass is 10.2. The van der Waals surface area contributed by atoms with E-state index in [-0.39, 0.29) is 5.57 Å². The summed E-state index contributed by atoms with van der Waals surface area (Å²) in [5.41, 5.74) is 0.219. The topological polar surface area (TPSA) is 55.8 Å². The Kier molecular flexibility index (Phi) is 3.75. The van der Waals surface area contributed by atoms with Gasteiger partial charge in [0.1, 0.15) is 0 Å². The van der Waals surface area contributed by atoms with E-state index in [0.29, 0.717) is 0 Å². The van der Waals surface area contributed by atoms with Crippen molar-refractivity contribution in [3.63, 3.8) is 0 Å². The Balaban J connectivity index is 3.68. The average Bonchev–Trinajstić information content (AvgIpc) is 1.87. The molecule has 0 saturated heterocycles. The minimum Gasteiger partial charge on any atom is -0.482 e. The summed E-state index contributed by atoms with van der Waals surface area (Å²) < 4.78 is 8.50. The van der Waals surface area contributed by atoms with Crippen molar-refractivity contribution in [3.05, 3.63) is 12.2 Å². The van der Waals surface area contributed by atoms with Crippen LogP contribution in [0.3, 0.4) is 0 Å². The smallest absolute Gasteiger partial charge is 0.482 e. The normalized spacial score (nSPS) is 8.70. The van der Waals surface area contributed by atoms with E-state index in [1.54, 1.807) is 0 Å². The Morgan fingerprint density at radius 1 is 1.70 bits per heavy atom. The SMILES string of the molecule is C=C(C)C(=O)OB(O)OC. The molecule has 5 heteroatoms. The van der Waals surface area contributed by atoms with Gasteiger partial charge in [-0.1, -0.05) is 6.58 Å². The van der Waals surface area contributed by atoms with Crippen LogP contribution in [0, 0.1) is 0 Å². The highest BCUT2D eigenvalue weighted by Gasteiger charge is 2.19. The van der Waals surface area contributed by atoms with Crippen molar-refractivity contribution >= 4 is 13.3 Å². The molecule has 0 atom stereocenters. The van der Waals surface area contributed by atoms with Crippen molar-refractivity contribution in [2.45, 2.75) is 6.92 Å². The Labute approximate surface area is 59.6 Å². The molecule has 0 aromatic heterocycles. The Morgan fingerprint density at radius 3 is 2.50 bits per heavy atom. The summed E-state index contributed by atoms with van der Waals surface area (Å²) in [4.78, 5) is 10.6. The van der Waals surface area contributed by atoms with E-state index in [4.69, 9.17) is 5.02 Å². The first kappa shape index (κ1) is 9.19. The van der Waals surface area contributed by atoms with Gasteiger partial charge in [-0.3, -0.25) is 0 Å². The fraction of sp³-hybridized carbons (Fsp3) is 0.400. The molecule has 0 aromatic carbocycles. The zero-order chi connectivity index (χ0) is 8.15. The monoisotopic (exact) mass is 144 g/mol. The van der Waals surface area contributed by atoms with Crippen molar-refractivity contribution in [2.75, 3.05) is 7.11 Å². The summed E-state index contributed by atoms with van der Waals surface area (Å²) >= 11 is 0. The molecule has 0 saturated carbocycles. The minimum atomic E-state index is -1.50. The fourth-order valence-electron chi connectivity index (χ4n) is 0.240. The maximum absolute atomic E-state index is 10.6. The molecule has 0 aromatic rings. The molecule has 0 aliphatic carbocycles. The first-order chi connectivity index (χ1) is 4.57. The van der Waals surface area contributed by atoms with Gasteiger partial charge in [0.05, 0.1) is 0 Å². The quantitative estimate of drug-likeness (QED) is 0.437. The molecule has 0 fully saturated rings. The van der Waals surface area contributed by atoms with Gasteiger partial charge in [0.25, 0.3) is 0 Å². The number of carbonyl (C=O) groups is 1. The lowest BCUT2D eigenvalue weighted by Gasteiger charge is -2.03. The summed E-state index contributed by atoms with van der Waals surface area (Å²) in [5, 5.41) is 8.57. The predicted molar refractivity (Wildman–Crippen MR) is 35.9 cm³/mol. The molecule has 0 amide bonds. The zero-order valence-corrected chi connectivity index (χ0v) is 5.96. The molecular formula is C5H9BO4. The summed E-state index contributed by atoms with van der Waals surface area (Å²) in [6.07, 6.45) is 0. The van der Waals surface area contributed by atoms with Crippen LogP contribution in [0.4, 0.5) is 0 Å². The van der Waals surface area contributed by atoms with Crippen molar-refractivity contribution in [2.24, 2.45) is 0 Å². The Hall–Kier alpha value is -0.805. The molecule has 0 bridgehead atoms. The summed E-state index contributed by atoms with van der Waals surface area (Å²) in [6.45, 7) is 4.78. The van der Waals surface area contributed by atoms with Gasteiger partial charge in [0.2, 0.25) is 0 Å². The number of carbonyl (C=O) groups excluding carboxylic acids is 1. The molecule has 56 valence electrons. The molecule has 10 heavy (non-hydrogen) atoms. The molecule has 0 spiro atoms. The van der Waals surface area contributed by atoms with Crippen LogP contribution in [-0.4, -0.2) is 25.4 Å². The summed E-state index contributed by atoms with van der Waals surface area (Å²) in [5.74, 6) is -0.672. The second-order valence-corrected chi connectivity index (χ2v) is 1.73. The van der Waals surface area contributed by atoms with Gasteiger partial charge in [0, 0.05) is 12.7 Å². The molecule has 4 nitrogen and oxygen atoms in total. The molecule has 0 aliphatic rings. The van der Waals surface area contributed by atoms with Crippen LogP contribution in [0.25, 0.3) is 0 Å². The van der Waals surface area contributed by atoms with Gasteiger partial charge in [0.15, 0.2) is 0 Å². The summed E-state index contributed by atoms with van der Waals surface area (Å²) in [6, 6.07) is 0. The maximum Gasteiger partial charge on any atom is 0.712 e. The van der Waals surface area contributed by atoms with E-state index in [1.807, 2.05) is 0 Å². The van der Waals surface area contributed by atoms with Crippen LogP contribution in [0.5, 0.6) is 0 Å². The van der Waals surface area contributed by atoms with E-state index < -0.39 is 13.3 Å². The average molecular weight is 144 g/mol. The third-order valence-electron chi connectivity index (χ3n) is 0.758. The second kappa shape index (κ2) is 4.08. The highest BCUT2D eigenvalue weighted by atomic mass is 16.7. The van der Waals surface area contributed by atoms with Gasteiger partial charge >= 0.3 is 13.3 Å². The minimum absolute atomic E-state index is 0.219. The fourth-order valence-corrected chi connectivity index (χ4v) is 0.240. The molecule has 0 radical (unpaired) electrons. The van der Waals surface area contributed by atoms with E-state index in [9.17, 15) is 4.79 Å². The van der Waals surface area contributed by atoms with Gasteiger partial charge in [-0.05, 0) is 6.92 Å². The van der Waals surface area contributed by atoms with Crippen LogP contribution in [0.15, 0.2) is 12.2 Å². The maximum atomic E-state index is 10.6.